The molecule has 0 amide bonds. The molecule has 37 heavy (non-hydrogen) atoms. The van der Waals surface area contributed by atoms with Gasteiger partial charge in [-0.3, -0.25) is 23.9 Å². The van der Waals surface area contributed by atoms with Crippen molar-refractivity contribution in [2.45, 2.75) is 45.4 Å². The zero-order chi connectivity index (χ0) is 26.1. The van der Waals surface area contributed by atoms with Gasteiger partial charge in [0.25, 0.3) is 11.1 Å². The number of anilines is 1. The molecule has 5 rings (SSSR count). The van der Waals surface area contributed by atoms with Crippen LogP contribution in [0.2, 0.25) is 0 Å². The van der Waals surface area contributed by atoms with E-state index in [-0.39, 0.29) is 30.2 Å². The average Bonchev–Trinajstić information content (AvgIpc) is 3.27. The Morgan fingerprint density at radius 3 is 2.70 bits per heavy atom. The van der Waals surface area contributed by atoms with Crippen LogP contribution in [0.4, 0.5) is 5.95 Å². The molecule has 0 radical (unpaired) electrons. The lowest BCUT2D eigenvalue weighted by Crippen LogP contribution is -2.44. The Morgan fingerprint density at radius 1 is 1.14 bits per heavy atom. The number of hydrogen-bond acceptors (Lipinski definition) is 7. The number of pyridine rings is 1. The standard InChI is InChI=1S/C26H27N7O4/c1-2-3-13-31-23-22(29-26(31)30-12-6-8-18(27)14-30)24(36)33(16-21(34)35)32(25(23)37)15-19-11-10-17-7-4-5-9-20(17)28-19/h4-5,7,9-11,18H,6,8,12-16,27H2,1H3,(H,34,35)/t18-/m1/s1. The van der Waals surface area contributed by atoms with E-state index in [4.69, 9.17) is 5.73 Å². The fraction of sp³-hybridized carbons (Fsp3) is 0.346. The molecule has 4 heterocycles. The average molecular weight is 502 g/mol. The van der Waals surface area contributed by atoms with Crippen molar-refractivity contribution in [3.8, 4) is 11.8 Å². The maximum atomic E-state index is 13.9. The summed E-state index contributed by atoms with van der Waals surface area (Å²) in [7, 11) is 0. The lowest BCUT2D eigenvalue weighted by molar-refractivity contribution is -0.138. The van der Waals surface area contributed by atoms with E-state index in [0.717, 1.165) is 33.1 Å². The fourth-order valence-corrected chi connectivity index (χ4v) is 4.80. The van der Waals surface area contributed by atoms with Crippen molar-refractivity contribution in [2.75, 3.05) is 18.0 Å². The number of aliphatic carboxylic acids is 1. The minimum absolute atomic E-state index is 0.0569. The van der Waals surface area contributed by atoms with Gasteiger partial charge in [-0.05, 0) is 31.9 Å². The second-order valence-corrected chi connectivity index (χ2v) is 9.08. The number of piperidine rings is 1. The van der Waals surface area contributed by atoms with Crippen molar-refractivity contribution in [3.63, 3.8) is 0 Å². The second-order valence-electron chi connectivity index (χ2n) is 9.08. The number of fused-ring (bicyclic) bond motifs is 2. The first-order chi connectivity index (χ1) is 17.9. The van der Waals surface area contributed by atoms with Crippen LogP contribution in [-0.4, -0.2) is 54.1 Å². The molecule has 190 valence electrons. The first-order valence-electron chi connectivity index (χ1n) is 12.1. The quantitative estimate of drug-likeness (QED) is 0.373. The third-order valence-corrected chi connectivity index (χ3v) is 6.52. The van der Waals surface area contributed by atoms with Gasteiger partial charge in [-0.1, -0.05) is 30.2 Å². The topological polar surface area (TPSA) is 141 Å². The normalized spacial score (nSPS) is 15.6. The van der Waals surface area contributed by atoms with Crippen LogP contribution in [0.25, 0.3) is 21.9 Å². The van der Waals surface area contributed by atoms with E-state index in [1.54, 1.807) is 17.6 Å². The van der Waals surface area contributed by atoms with Crippen molar-refractivity contribution < 1.29 is 9.90 Å². The van der Waals surface area contributed by atoms with E-state index in [1.807, 2.05) is 35.2 Å². The van der Waals surface area contributed by atoms with E-state index >= 15 is 0 Å². The Balaban J connectivity index is 1.73. The van der Waals surface area contributed by atoms with Crippen LogP contribution in [0.3, 0.4) is 0 Å². The van der Waals surface area contributed by atoms with Crippen molar-refractivity contribution in [3.05, 3.63) is 62.8 Å². The van der Waals surface area contributed by atoms with Crippen molar-refractivity contribution >= 4 is 33.9 Å². The minimum Gasteiger partial charge on any atom is -0.480 e. The van der Waals surface area contributed by atoms with Crippen LogP contribution in [0.1, 0.15) is 25.5 Å². The molecule has 0 spiro atoms. The molecule has 1 fully saturated rings. The number of imidazole rings is 1. The molecule has 3 aromatic heterocycles. The van der Waals surface area contributed by atoms with Crippen molar-refractivity contribution in [1.29, 1.82) is 0 Å². The first-order valence-corrected chi connectivity index (χ1v) is 12.1. The summed E-state index contributed by atoms with van der Waals surface area (Å²) in [6.45, 7) is 2.27. The predicted molar refractivity (Wildman–Crippen MR) is 140 cm³/mol. The zero-order valence-corrected chi connectivity index (χ0v) is 20.4. The van der Waals surface area contributed by atoms with Gasteiger partial charge in [0, 0.05) is 24.5 Å². The molecule has 1 aliphatic rings. The van der Waals surface area contributed by atoms with Gasteiger partial charge in [0.05, 0.1) is 24.3 Å². The van der Waals surface area contributed by atoms with Crippen LogP contribution in [0.15, 0.2) is 46.0 Å². The minimum atomic E-state index is -1.25. The van der Waals surface area contributed by atoms with Crippen LogP contribution >= 0.6 is 0 Å². The highest BCUT2D eigenvalue weighted by Crippen LogP contribution is 2.22. The number of nitrogens with two attached hydrogens (primary N) is 1. The molecule has 1 aromatic carbocycles. The Kier molecular flexibility index (Phi) is 6.50. The van der Waals surface area contributed by atoms with E-state index < -0.39 is 23.6 Å². The molecule has 1 aliphatic heterocycles. The van der Waals surface area contributed by atoms with Gasteiger partial charge in [-0.2, -0.15) is 0 Å². The summed E-state index contributed by atoms with van der Waals surface area (Å²) in [4.78, 5) is 50.3. The molecule has 1 atom stereocenters. The zero-order valence-electron chi connectivity index (χ0n) is 20.4. The molecule has 11 heteroatoms. The molecule has 11 nitrogen and oxygen atoms in total. The van der Waals surface area contributed by atoms with E-state index in [9.17, 15) is 19.5 Å². The summed E-state index contributed by atoms with van der Waals surface area (Å²) >= 11 is 0. The summed E-state index contributed by atoms with van der Waals surface area (Å²) < 4.78 is 3.71. The molecule has 0 bridgehead atoms. The molecule has 1 saturated heterocycles. The monoisotopic (exact) mass is 501 g/mol. The molecule has 4 aromatic rings. The van der Waals surface area contributed by atoms with Gasteiger partial charge in [0.2, 0.25) is 5.95 Å². The van der Waals surface area contributed by atoms with Crippen LogP contribution in [0, 0.1) is 11.8 Å². The molecule has 0 saturated carbocycles. The van der Waals surface area contributed by atoms with E-state index in [2.05, 4.69) is 21.8 Å². The van der Waals surface area contributed by atoms with Crippen LogP contribution < -0.4 is 21.8 Å². The maximum absolute atomic E-state index is 13.9. The molecule has 3 N–H and O–H groups in total. The summed E-state index contributed by atoms with van der Waals surface area (Å²) in [6, 6.07) is 11.1. The Morgan fingerprint density at radius 2 is 1.95 bits per heavy atom. The smallest absolute Gasteiger partial charge is 0.325 e. The summed E-state index contributed by atoms with van der Waals surface area (Å²) in [5.41, 5.74) is 6.23. The van der Waals surface area contributed by atoms with Gasteiger partial charge in [-0.25, -0.2) is 14.3 Å². The van der Waals surface area contributed by atoms with E-state index in [0.29, 0.717) is 24.7 Å². The largest absolute Gasteiger partial charge is 0.480 e. The highest BCUT2D eigenvalue weighted by atomic mass is 16.4. The molecular formula is C26H27N7O4. The van der Waals surface area contributed by atoms with Crippen molar-refractivity contribution in [2.24, 2.45) is 5.73 Å². The highest BCUT2D eigenvalue weighted by Gasteiger charge is 2.27. The van der Waals surface area contributed by atoms with Gasteiger partial charge in [0.1, 0.15) is 12.1 Å². The fourth-order valence-electron chi connectivity index (χ4n) is 4.80. The Labute approximate surface area is 211 Å². The molecule has 0 aliphatic carbocycles. The Hall–Kier alpha value is -4.43. The Bertz CT molecular complexity index is 1690. The molecular weight excluding hydrogens is 474 g/mol. The number of carboxylic acid groups (broad SMARTS) is 1. The predicted octanol–water partition coefficient (Wildman–Crippen LogP) is 0.992. The number of carbonyl (C=O) groups is 1. The van der Waals surface area contributed by atoms with Crippen LogP contribution in [0.5, 0.6) is 0 Å². The summed E-state index contributed by atoms with van der Waals surface area (Å²) in [5.74, 6) is 4.98. The van der Waals surface area contributed by atoms with Crippen molar-refractivity contribution in [1.82, 2.24) is 23.9 Å². The number of benzene rings is 1. The van der Waals surface area contributed by atoms with Gasteiger partial charge >= 0.3 is 5.97 Å². The highest BCUT2D eigenvalue weighted by molar-refractivity contribution is 5.79. The van der Waals surface area contributed by atoms with Gasteiger partial charge < -0.3 is 15.7 Å². The lowest BCUT2D eigenvalue weighted by Gasteiger charge is -2.31. The second kappa shape index (κ2) is 9.91. The number of para-hydroxylation sites is 1. The number of nitrogens with zero attached hydrogens (tertiary/aromatic N) is 6. The van der Waals surface area contributed by atoms with E-state index in [1.165, 1.54) is 0 Å². The maximum Gasteiger partial charge on any atom is 0.325 e. The third kappa shape index (κ3) is 4.59. The van der Waals surface area contributed by atoms with Gasteiger partial charge in [0.15, 0.2) is 5.52 Å². The SMILES string of the molecule is CC#CCn1c(N2CCC[C@@H](N)C2)nc2c(=O)n(CC(=O)O)n(Cc3ccc4ccccc4n3)c(=O)c21. The third-order valence-electron chi connectivity index (χ3n) is 6.52. The number of rotatable bonds is 6. The number of carboxylic acids is 1. The lowest BCUT2D eigenvalue weighted by atomic mass is 10.1. The first kappa shape index (κ1) is 24.3. The number of hydrogen-bond donors (Lipinski definition) is 2. The summed E-state index contributed by atoms with van der Waals surface area (Å²) in [6.07, 6.45) is 1.73. The van der Waals surface area contributed by atoms with Crippen LogP contribution in [-0.2, 0) is 24.4 Å². The molecule has 0 unspecified atom stereocenters. The number of aromatic nitrogens is 5. The summed E-state index contributed by atoms with van der Waals surface area (Å²) in [5, 5.41) is 10.5. The van der Waals surface area contributed by atoms with Gasteiger partial charge in [-0.15, -0.1) is 5.92 Å².